The van der Waals surface area contributed by atoms with E-state index in [9.17, 15) is 17.8 Å². The average molecular weight is 190 g/mol. The fourth-order valence-electron chi connectivity index (χ4n) is 0.348. The van der Waals surface area contributed by atoms with E-state index in [2.05, 4.69) is 0 Å². The first-order valence-corrected chi connectivity index (χ1v) is 3.97. The Bertz CT molecular complexity index is 221. The molecule has 1 N–H and O–H groups in total. The van der Waals surface area contributed by atoms with E-state index < -0.39 is 27.8 Å². The molecule has 11 heavy (non-hydrogen) atoms. The molecule has 0 aliphatic rings. The Morgan fingerprint density at radius 2 is 2.00 bits per heavy atom. The van der Waals surface area contributed by atoms with E-state index in [1.54, 1.807) is 0 Å². The zero-order valence-corrected chi connectivity index (χ0v) is 9.09. The van der Waals surface area contributed by atoms with Crippen molar-refractivity contribution in [3.63, 3.8) is 0 Å². The summed E-state index contributed by atoms with van der Waals surface area (Å²) in [6, 6.07) is 0. The van der Waals surface area contributed by atoms with Crippen LogP contribution in [0.4, 0.5) is 0 Å². The van der Waals surface area contributed by atoms with Crippen LogP contribution in [0.25, 0.3) is 0 Å². The van der Waals surface area contributed by atoms with Gasteiger partial charge >= 0.3 is 35.5 Å². The van der Waals surface area contributed by atoms with Gasteiger partial charge in [0.2, 0.25) is 0 Å². The van der Waals surface area contributed by atoms with E-state index in [1.165, 1.54) is 0 Å². The van der Waals surface area contributed by atoms with Gasteiger partial charge in [-0.05, 0) is 6.92 Å². The summed E-state index contributed by atoms with van der Waals surface area (Å²) in [5, 5.41) is 6.70. The molecule has 0 aromatic carbocycles. The largest absolute Gasteiger partial charge is 1.00 e. The third-order valence-corrected chi connectivity index (χ3v) is 2.11. The molecule has 7 heteroatoms. The van der Waals surface area contributed by atoms with Crippen molar-refractivity contribution in [1.82, 2.24) is 0 Å². The molecule has 0 saturated carbocycles. The molecule has 0 radical (unpaired) electrons. The minimum atomic E-state index is -4.43. The zero-order chi connectivity index (χ0) is 8.36. The molecule has 1 atom stereocenters. The molecule has 60 valence electrons. The van der Waals surface area contributed by atoms with Crippen LogP contribution >= 0.6 is 0 Å². The molecule has 0 aromatic rings. The molecule has 0 bridgehead atoms. The molecule has 0 heterocycles. The standard InChI is InChI=1S/C4H8O5S.Na/c1-3(2-4(5)6)10(7,8)9;/h3H,2H2,1H3,(H,5,6)(H,7,8,9);/q;+1/p-1. The summed E-state index contributed by atoms with van der Waals surface area (Å²) in [6.07, 6.45) is -0.633. The SMILES string of the molecule is CC(CC(=O)O)S(=O)(=O)[O-].[Na+]. The summed E-state index contributed by atoms with van der Waals surface area (Å²) in [7, 11) is -4.43. The van der Waals surface area contributed by atoms with E-state index in [-0.39, 0.29) is 29.6 Å². The van der Waals surface area contributed by atoms with Gasteiger partial charge in [0.1, 0.15) is 0 Å². The van der Waals surface area contributed by atoms with Crippen LogP contribution in [0.15, 0.2) is 0 Å². The van der Waals surface area contributed by atoms with Crippen molar-refractivity contribution < 1.29 is 52.4 Å². The van der Waals surface area contributed by atoms with Crippen LogP contribution in [0.2, 0.25) is 0 Å². The fourth-order valence-corrected chi connectivity index (χ4v) is 0.695. The van der Waals surface area contributed by atoms with Crippen molar-refractivity contribution in [2.24, 2.45) is 0 Å². The van der Waals surface area contributed by atoms with Crippen LogP contribution in [-0.4, -0.2) is 29.3 Å². The molecular formula is C4H7NaO5S. The van der Waals surface area contributed by atoms with Crippen molar-refractivity contribution in [2.75, 3.05) is 0 Å². The number of hydrogen-bond donors (Lipinski definition) is 1. The normalized spacial score (nSPS) is 13.3. The van der Waals surface area contributed by atoms with Crippen molar-refractivity contribution in [1.29, 1.82) is 0 Å². The molecule has 0 rings (SSSR count). The molecule has 0 amide bonds. The molecule has 5 nitrogen and oxygen atoms in total. The number of carboxylic acids is 1. The topological polar surface area (TPSA) is 94.5 Å². The third kappa shape index (κ3) is 6.77. The maximum atomic E-state index is 10.0. The minimum absolute atomic E-state index is 0. The van der Waals surface area contributed by atoms with Gasteiger partial charge in [0.05, 0.1) is 21.8 Å². The smallest absolute Gasteiger partial charge is 0.748 e. The van der Waals surface area contributed by atoms with Crippen molar-refractivity contribution in [2.45, 2.75) is 18.6 Å². The minimum Gasteiger partial charge on any atom is -0.748 e. The quantitative estimate of drug-likeness (QED) is 0.366. The van der Waals surface area contributed by atoms with Gasteiger partial charge in [0.25, 0.3) is 0 Å². The van der Waals surface area contributed by atoms with Gasteiger partial charge in [-0.25, -0.2) is 8.42 Å². The van der Waals surface area contributed by atoms with Crippen LogP contribution < -0.4 is 29.6 Å². The molecule has 1 unspecified atom stereocenters. The predicted molar refractivity (Wildman–Crippen MR) is 31.4 cm³/mol. The molecule has 0 aliphatic carbocycles. The maximum absolute atomic E-state index is 10.0. The van der Waals surface area contributed by atoms with Gasteiger partial charge < -0.3 is 9.66 Å². The van der Waals surface area contributed by atoms with E-state index in [0.29, 0.717) is 0 Å². The summed E-state index contributed by atoms with van der Waals surface area (Å²) < 4.78 is 30.1. The summed E-state index contributed by atoms with van der Waals surface area (Å²) in [6.45, 7) is 1.07. The molecule has 0 aromatic heterocycles. The summed E-state index contributed by atoms with van der Waals surface area (Å²) in [5.74, 6) is -1.29. The Kier molecular flexibility index (Phi) is 6.46. The number of carboxylic acid groups (broad SMARTS) is 1. The van der Waals surface area contributed by atoms with Gasteiger partial charge in [-0.15, -0.1) is 0 Å². The van der Waals surface area contributed by atoms with Crippen LogP contribution in [-0.2, 0) is 14.9 Å². The second kappa shape index (κ2) is 5.10. The van der Waals surface area contributed by atoms with Gasteiger partial charge in [0.15, 0.2) is 0 Å². The second-order valence-electron chi connectivity index (χ2n) is 1.90. The Morgan fingerprint density at radius 3 is 2.09 bits per heavy atom. The molecule has 0 saturated heterocycles. The predicted octanol–water partition coefficient (Wildman–Crippen LogP) is -3.60. The average Bonchev–Trinajstić information content (AvgIpc) is 1.60. The first-order valence-electron chi connectivity index (χ1n) is 2.50. The van der Waals surface area contributed by atoms with Crippen molar-refractivity contribution in [3.8, 4) is 0 Å². The summed E-state index contributed by atoms with van der Waals surface area (Å²) in [4.78, 5) is 9.85. The first-order chi connectivity index (χ1) is 4.34. The number of aliphatic carboxylic acids is 1. The monoisotopic (exact) mass is 190 g/mol. The number of rotatable bonds is 3. The van der Waals surface area contributed by atoms with Crippen LogP contribution in [0, 0.1) is 0 Å². The van der Waals surface area contributed by atoms with Crippen LogP contribution in [0.1, 0.15) is 13.3 Å². The second-order valence-corrected chi connectivity index (χ2v) is 3.69. The van der Waals surface area contributed by atoms with Gasteiger partial charge in [0, 0.05) is 0 Å². The third-order valence-electron chi connectivity index (χ3n) is 0.955. The van der Waals surface area contributed by atoms with E-state index >= 15 is 0 Å². The summed E-state index contributed by atoms with van der Waals surface area (Å²) in [5.41, 5.74) is 0. The Labute approximate surface area is 86.8 Å². The molecule has 0 spiro atoms. The first kappa shape index (κ1) is 13.9. The van der Waals surface area contributed by atoms with Gasteiger partial charge in [-0.3, -0.25) is 4.79 Å². The van der Waals surface area contributed by atoms with E-state index in [1.807, 2.05) is 0 Å². The fraction of sp³-hybridized carbons (Fsp3) is 0.750. The number of carbonyl (C=O) groups is 1. The molecule has 0 fully saturated rings. The molecule has 0 aliphatic heterocycles. The van der Waals surface area contributed by atoms with E-state index in [0.717, 1.165) is 6.92 Å². The van der Waals surface area contributed by atoms with Gasteiger partial charge in [-0.1, -0.05) is 0 Å². The Balaban J connectivity index is 0. The number of hydrogen-bond acceptors (Lipinski definition) is 4. The molecular weight excluding hydrogens is 183 g/mol. The van der Waals surface area contributed by atoms with Crippen LogP contribution in [0.3, 0.4) is 0 Å². The Hall–Kier alpha value is 0.380. The zero-order valence-electron chi connectivity index (χ0n) is 6.27. The maximum Gasteiger partial charge on any atom is 1.00 e. The Morgan fingerprint density at radius 1 is 1.64 bits per heavy atom. The van der Waals surface area contributed by atoms with Crippen molar-refractivity contribution in [3.05, 3.63) is 0 Å². The van der Waals surface area contributed by atoms with Crippen LogP contribution in [0.5, 0.6) is 0 Å². The summed E-state index contributed by atoms with van der Waals surface area (Å²) >= 11 is 0. The van der Waals surface area contributed by atoms with Crippen molar-refractivity contribution >= 4 is 16.1 Å². The van der Waals surface area contributed by atoms with E-state index in [4.69, 9.17) is 5.11 Å². The van der Waals surface area contributed by atoms with Gasteiger partial charge in [-0.2, -0.15) is 0 Å².